The minimum absolute atomic E-state index is 0. The van der Waals surface area contributed by atoms with Gasteiger partial charge >= 0.3 is 325 Å². The Balaban J connectivity index is 0.00000228. The first kappa shape index (κ1) is 41.0. The van der Waals surface area contributed by atoms with Crippen LogP contribution in [0.4, 0.5) is 26.3 Å². The third-order valence-electron chi connectivity index (χ3n) is 14.8. The number of alkyl halides is 6. The summed E-state index contributed by atoms with van der Waals surface area (Å²) >= 11 is -3.09. The van der Waals surface area contributed by atoms with Gasteiger partial charge in [-0.25, -0.2) is 0 Å². The molecule has 1 saturated heterocycles. The van der Waals surface area contributed by atoms with Gasteiger partial charge in [-0.15, -0.1) is 0 Å². The van der Waals surface area contributed by atoms with Crippen LogP contribution in [-0.2, 0) is 28.9 Å². The molecule has 298 valence electrons. The van der Waals surface area contributed by atoms with E-state index in [-0.39, 0.29) is 24.8 Å². The molecule has 0 radical (unpaired) electrons. The smallest absolute Gasteiger partial charge is 1.00 e. The van der Waals surface area contributed by atoms with Gasteiger partial charge in [-0.2, -0.15) is 0 Å². The number of hydrogen-bond donors (Lipinski definition) is 0. The van der Waals surface area contributed by atoms with Gasteiger partial charge in [-0.05, 0) is 0 Å². The molecule has 4 aromatic carbocycles. The van der Waals surface area contributed by atoms with Crippen LogP contribution in [0.5, 0.6) is 0 Å². The summed E-state index contributed by atoms with van der Waals surface area (Å²) < 4.78 is 84.1. The molecule has 1 aliphatic heterocycles. The van der Waals surface area contributed by atoms with Crippen LogP contribution in [0, 0.1) is 11.8 Å². The zero-order chi connectivity index (χ0) is 37.7. The zero-order valence-electron chi connectivity index (χ0n) is 31.7. The summed E-state index contributed by atoms with van der Waals surface area (Å²) in [6.45, 7) is 0. The molecule has 0 nitrogen and oxygen atoms in total. The second kappa shape index (κ2) is 15.4. The first-order chi connectivity index (χ1) is 26.5. The minimum atomic E-state index is -4.38. The van der Waals surface area contributed by atoms with Crippen molar-refractivity contribution >= 4 is 12.2 Å². The van der Waals surface area contributed by atoms with Gasteiger partial charge in [0.05, 0.1) is 0 Å². The molecule has 57 heavy (non-hydrogen) atoms. The van der Waals surface area contributed by atoms with Crippen LogP contribution < -0.4 is 24.8 Å². The largest absolute Gasteiger partial charge is 1.00 e. The Morgan fingerprint density at radius 2 is 0.789 bits per heavy atom. The number of fused-ring (bicyclic) bond motifs is 3. The van der Waals surface area contributed by atoms with Gasteiger partial charge in [0.1, 0.15) is 0 Å². The molecule has 0 amide bonds. The van der Waals surface area contributed by atoms with Crippen LogP contribution in [0.2, 0.25) is 8.45 Å². The van der Waals surface area contributed by atoms with Crippen molar-refractivity contribution in [1.29, 1.82) is 0 Å². The summed E-state index contributed by atoms with van der Waals surface area (Å²) in [5.74, 6) is 1.06. The molecule has 3 saturated carbocycles. The summed E-state index contributed by atoms with van der Waals surface area (Å²) in [5.41, 5.74) is 11.0. The summed E-state index contributed by atoms with van der Waals surface area (Å²) in [5, 5.41) is 0. The van der Waals surface area contributed by atoms with Crippen molar-refractivity contribution in [2.45, 2.75) is 106 Å². The quantitative estimate of drug-likeness (QED) is 0.134. The number of hydrogen-bond acceptors (Lipinski definition) is 0. The van der Waals surface area contributed by atoms with Crippen molar-refractivity contribution in [3.05, 3.63) is 129 Å². The van der Waals surface area contributed by atoms with Gasteiger partial charge in [-0.3, -0.25) is 0 Å². The maximum Gasteiger partial charge on any atom is -1.00 e. The fourth-order valence-corrected chi connectivity index (χ4v) is 26.9. The number of benzene rings is 4. The third-order valence-corrected chi connectivity index (χ3v) is 25.5. The van der Waals surface area contributed by atoms with Crippen LogP contribution in [0.1, 0.15) is 119 Å². The Morgan fingerprint density at radius 3 is 1.14 bits per heavy atom. The van der Waals surface area contributed by atoms with Crippen molar-refractivity contribution in [3.63, 3.8) is 0 Å². The van der Waals surface area contributed by atoms with Crippen LogP contribution in [0.25, 0.3) is 34.4 Å². The molecule has 0 aromatic heterocycles. The summed E-state index contributed by atoms with van der Waals surface area (Å²) in [6, 6.07) is 24.8. The number of halogens is 8. The maximum absolute atomic E-state index is 13.6. The fraction of sp³-hybridized carbons (Fsp3) is 0.417. The topological polar surface area (TPSA) is 0 Å². The van der Waals surface area contributed by atoms with Gasteiger partial charge in [0.2, 0.25) is 0 Å². The predicted octanol–water partition coefficient (Wildman–Crippen LogP) is 9.34. The van der Waals surface area contributed by atoms with E-state index in [1.54, 1.807) is 35.4 Å². The second-order valence-electron chi connectivity index (χ2n) is 17.4. The molecule has 9 heteroatoms. The Bertz CT molecular complexity index is 2030. The minimum Gasteiger partial charge on any atom is -1.00 e. The van der Waals surface area contributed by atoms with Crippen LogP contribution in [0.15, 0.2) is 96.1 Å². The van der Waals surface area contributed by atoms with Crippen molar-refractivity contribution in [2.24, 2.45) is 11.8 Å². The molecule has 4 unspecified atom stereocenters. The second-order valence-corrected chi connectivity index (χ2v) is 24.6. The van der Waals surface area contributed by atoms with Crippen LogP contribution in [0.3, 0.4) is 0 Å². The van der Waals surface area contributed by atoms with E-state index in [0.29, 0.717) is 20.3 Å². The van der Waals surface area contributed by atoms with Crippen molar-refractivity contribution < 1.29 is 67.7 Å². The van der Waals surface area contributed by atoms with Gasteiger partial charge in [0, 0.05) is 0 Å². The van der Waals surface area contributed by atoms with Crippen molar-refractivity contribution in [3.8, 4) is 22.3 Å². The maximum atomic E-state index is 13.6. The summed E-state index contributed by atoms with van der Waals surface area (Å²) in [6.07, 6.45) is 11.1. The molecule has 4 atom stereocenters. The van der Waals surface area contributed by atoms with Gasteiger partial charge < -0.3 is 24.8 Å². The third kappa shape index (κ3) is 6.72. The van der Waals surface area contributed by atoms with E-state index in [0.717, 1.165) is 30.7 Å². The first-order valence-electron chi connectivity index (χ1n) is 20.6. The number of allylic oxidation sites excluding steroid dienone is 2. The molecule has 5 aliphatic carbocycles. The normalized spacial score (nSPS) is 25.7. The van der Waals surface area contributed by atoms with Crippen molar-refractivity contribution in [1.82, 2.24) is 0 Å². The molecule has 0 N–H and O–H groups in total. The fourth-order valence-electron chi connectivity index (χ4n) is 12.6. The zero-order valence-corrected chi connectivity index (χ0v) is 34.8. The molecule has 4 aromatic rings. The van der Waals surface area contributed by atoms with E-state index >= 15 is 0 Å². The van der Waals surface area contributed by atoms with Crippen molar-refractivity contribution in [2.75, 3.05) is 0 Å². The van der Waals surface area contributed by atoms with Crippen LogP contribution in [-0.4, -0.2) is 0 Å². The molecule has 1 heterocycles. The molecule has 6 aliphatic rings. The first-order valence-corrected chi connectivity index (χ1v) is 24.2. The SMILES string of the molecule is FC(F)(F)c1ccc(-c2cccc3c2C=C(C2CCCC2)[CH]3[Ti+2]2([CH]3C(C4CCCC4)=Cc4c(-c5ccc(C(F)(F)F)cc5)cccc43)[CH]3CCCC[CH]32)cc1.[Cl-].[Cl-]. The molecular weight excluding hydrogens is 809 g/mol. The van der Waals surface area contributed by atoms with E-state index in [9.17, 15) is 26.3 Å². The van der Waals surface area contributed by atoms with Gasteiger partial charge in [-0.1, -0.05) is 0 Å². The Kier molecular flexibility index (Phi) is 11.0. The Hall–Kier alpha value is -2.77. The summed E-state index contributed by atoms with van der Waals surface area (Å²) in [4.78, 5) is 0. The molecule has 10 rings (SSSR count). The van der Waals surface area contributed by atoms with E-state index in [4.69, 9.17) is 0 Å². The average molecular weight is 856 g/mol. The Labute approximate surface area is 347 Å². The van der Waals surface area contributed by atoms with Gasteiger partial charge in [0.15, 0.2) is 0 Å². The van der Waals surface area contributed by atoms with E-state index in [1.165, 1.54) is 124 Å². The van der Waals surface area contributed by atoms with E-state index in [1.807, 2.05) is 0 Å². The van der Waals surface area contributed by atoms with Gasteiger partial charge in [0.25, 0.3) is 0 Å². The van der Waals surface area contributed by atoms with E-state index < -0.39 is 40.1 Å². The molecule has 0 spiro atoms. The van der Waals surface area contributed by atoms with Crippen LogP contribution >= 0.6 is 0 Å². The molecular formula is C48H46Cl2F6Ti. The predicted molar refractivity (Wildman–Crippen MR) is 205 cm³/mol. The Morgan fingerprint density at radius 1 is 0.439 bits per heavy atom. The standard InChI is InChI=1S/2C21H18F3.C6H10.2ClH.Ti/c2*22-21(23,24)18-10-8-15(9-11-18)19-7-3-6-16-12-17(13-20(16)19)14-4-1-2-5-14;1-2-4-6-5-3-1;;;/h2*3,6-14H,1-2,4-5H2;1-2H,3-6H2;2*1H;/q;;;;;+2/p-2. The summed E-state index contributed by atoms with van der Waals surface area (Å²) in [7, 11) is 0. The average Bonchev–Trinajstić information content (AvgIpc) is 3.85. The molecule has 0 bridgehead atoms. The molecule has 4 fully saturated rings. The number of rotatable bonds is 6. The monoisotopic (exact) mass is 854 g/mol. The van der Waals surface area contributed by atoms with E-state index in [2.05, 4.69) is 48.6 Å².